The molecule has 0 N–H and O–H groups in total. The molecule has 0 aliphatic carbocycles. The van der Waals surface area contributed by atoms with Gasteiger partial charge in [-0.05, 0) is 43.7 Å². The molecule has 2 rings (SSSR count). The van der Waals surface area contributed by atoms with Gasteiger partial charge in [0.15, 0.2) is 0 Å². The predicted octanol–water partition coefficient (Wildman–Crippen LogP) is 4.30. The smallest absolute Gasteiger partial charge is 0.341 e. The molecule has 4 heteroatoms. The Hall–Kier alpha value is -1.94. The Bertz CT molecular complexity index is 596. The summed E-state index contributed by atoms with van der Waals surface area (Å²) in [7, 11) is 0. The average molecular weight is 302 g/mol. The molecule has 0 aromatic heterocycles. The number of benzene rings is 2. The summed E-state index contributed by atoms with van der Waals surface area (Å²) in [6, 6.07) is 15.5. The third kappa shape index (κ3) is 4.53. The maximum atomic E-state index is 11.9. The molecule has 0 aliphatic rings. The van der Waals surface area contributed by atoms with Crippen LogP contribution in [0.4, 0.5) is 0 Å². The van der Waals surface area contributed by atoms with Gasteiger partial charge >= 0.3 is 5.97 Å². The Morgan fingerprint density at radius 1 is 1.14 bits per heavy atom. The van der Waals surface area contributed by atoms with Crippen LogP contribution in [-0.2, 0) is 4.74 Å². The number of ether oxygens (including phenoxy) is 2. The van der Waals surface area contributed by atoms with Crippen LogP contribution in [0.3, 0.4) is 0 Å². The van der Waals surface area contributed by atoms with Gasteiger partial charge in [0, 0.05) is 4.90 Å². The first-order valence-electron chi connectivity index (χ1n) is 6.79. The van der Waals surface area contributed by atoms with Crippen LogP contribution in [0.15, 0.2) is 53.4 Å². The maximum absolute atomic E-state index is 11.9. The average Bonchev–Trinajstić information content (AvgIpc) is 2.49. The van der Waals surface area contributed by atoms with E-state index in [1.807, 2.05) is 49.4 Å². The zero-order valence-corrected chi connectivity index (χ0v) is 13.0. The lowest BCUT2D eigenvalue weighted by molar-refractivity contribution is 0.0522. The lowest BCUT2D eigenvalue weighted by Crippen LogP contribution is -2.08. The Morgan fingerprint density at radius 2 is 1.90 bits per heavy atom. The molecule has 21 heavy (non-hydrogen) atoms. The van der Waals surface area contributed by atoms with Gasteiger partial charge in [0.2, 0.25) is 0 Å². The molecule has 0 spiro atoms. The molecule has 0 radical (unpaired) electrons. The molecule has 0 unspecified atom stereocenters. The summed E-state index contributed by atoms with van der Waals surface area (Å²) >= 11 is 1.58. The lowest BCUT2D eigenvalue weighted by atomic mass is 10.1. The largest absolute Gasteiger partial charge is 0.482 e. The minimum absolute atomic E-state index is 0.350. The van der Waals surface area contributed by atoms with E-state index >= 15 is 0 Å². The molecule has 0 fully saturated rings. The summed E-state index contributed by atoms with van der Waals surface area (Å²) in [5.74, 6) is 0.661. The van der Waals surface area contributed by atoms with Crippen LogP contribution in [-0.4, -0.2) is 18.5 Å². The fourth-order valence-electron chi connectivity index (χ4n) is 1.80. The van der Waals surface area contributed by atoms with Crippen molar-refractivity contribution in [3.05, 3.63) is 59.7 Å². The van der Waals surface area contributed by atoms with Gasteiger partial charge in [0.05, 0.1) is 6.61 Å². The lowest BCUT2D eigenvalue weighted by Gasteiger charge is -2.11. The standard InChI is InChI=1S/C17H18O3S/c1-3-19-17(18)15-10-9-13(2)11-16(15)20-12-21-14-7-5-4-6-8-14/h4-11H,3,12H2,1-2H3. The molecule has 2 aromatic carbocycles. The third-order valence-corrected chi connectivity index (χ3v) is 3.66. The van der Waals surface area contributed by atoms with Crippen molar-refractivity contribution in [2.24, 2.45) is 0 Å². The van der Waals surface area contributed by atoms with Crippen molar-refractivity contribution in [3.8, 4) is 5.75 Å². The number of rotatable bonds is 6. The Balaban J connectivity index is 2.04. The first-order chi connectivity index (χ1) is 10.2. The van der Waals surface area contributed by atoms with E-state index in [0.717, 1.165) is 10.5 Å². The topological polar surface area (TPSA) is 35.5 Å². The summed E-state index contributed by atoms with van der Waals surface area (Å²) in [4.78, 5) is 13.0. The highest BCUT2D eigenvalue weighted by Gasteiger charge is 2.13. The highest BCUT2D eigenvalue weighted by atomic mass is 32.2. The number of hydrogen-bond acceptors (Lipinski definition) is 4. The van der Waals surface area contributed by atoms with Crippen molar-refractivity contribution in [3.63, 3.8) is 0 Å². The molecule has 2 aromatic rings. The summed E-state index contributed by atoms with van der Waals surface area (Å²) in [5, 5.41) is 0. The number of carbonyl (C=O) groups is 1. The molecule has 3 nitrogen and oxygen atoms in total. The van der Waals surface area contributed by atoms with Crippen LogP contribution < -0.4 is 4.74 Å². The van der Waals surface area contributed by atoms with E-state index in [2.05, 4.69) is 0 Å². The zero-order chi connectivity index (χ0) is 15.1. The van der Waals surface area contributed by atoms with E-state index in [0.29, 0.717) is 23.9 Å². The van der Waals surface area contributed by atoms with Crippen LogP contribution in [0.2, 0.25) is 0 Å². The number of hydrogen-bond donors (Lipinski definition) is 0. The minimum Gasteiger partial charge on any atom is -0.482 e. The van der Waals surface area contributed by atoms with Crippen LogP contribution in [0.5, 0.6) is 5.75 Å². The molecule has 0 saturated heterocycles. The number of thioether (sulfide) groups is 1. The summed E-state index contributed by atoms with van der Waals surface area (Å²) < 4.78 is 10.8. The van der Waals surface area contributed by atoms with Gasteiger partial charge in [-0.3, -0.25) is 0 Å². The molecule has 0 saturated carbocycles. The van der Waals surface area contributed by atoms with E-state index < -0.39 is 0 Å². The number of carbonyl (C=O) groups excluding carboxylic acids is 1. The van der Waals surface area contributed by atoms with Crippen LogP contribution in [0.25, 0.3) is 0 Å². The molecule has 0 bridgehead atoms. The van der Waals surface area contributed by atoms with Crippen molar-refractivity contribution in [2.75, 3.05) is 12.5 Å². The fourth-order valence-corrected chi connectivity index (χ4v) is 2.48. The maximum Gasteiger partial charge on any atom is 0.341 e. The Morgan fingerprint density at radius 3 is 2.62 bits per heavy atom. The Labute approximate surface area is 129 Å². The van der Waals surface area contributed by atoms with Gasteiger partial charge in [-0.2, -0.15) is 0 Å². The number of aryl methyl sites for hydroxylation is 1. The van der Waals surface area contributed by atoms with Crippen LogP contribution >= 0.6 is 11.8 Å². The van der Waals surface area contributed by atoms with Crippen molar-refractivity contribution in [1.29, 1.82) is 0 Å². The van der Waals surface area contributed by atoms with Gasteiger partial charge in [0.1, 0.15) is 17.3 Å². The van der Waals surface area contributed by atoms with Crippen molar-refractivity contribution < 1.29 is 14.3 Å². The SMILES string of the molecule is CCOC(=O)c1ccc(C)cc1OCSc1ccccc1. The van der Waals surface area contributed by atoms with Gasteiger partial charge < -0.3 is 9.47 Å². The van der Waals surface area contributed by atoms with Gasteiger partial charge in [-0.15, -0.1) is 0 Å². The normalized spacial score (nSPS) is 10.2. The highest BCUT2D eigenvalue weighted by Crippen LogP contribution is 2.24. The highest BCUT2D eigenvalue weighted by molar-refractivity contribution is 7.99. The van der Waals surface area contributed by atoms with Crippen LogP contribution in [0.1, 0.15) is 22.8 Å². The minimum atomic E-state index is -0.350. The first-order valence-corrected chi connectivity index (χ1v) is 7.77. The molecular formula is C17H18O3S. The molecule has 0 atom stereocenters. The molecule has 0 aliphatic heterocycles. The molecule has 0 heterocycles. The van der Waals surface area contributed by atoms with E-state index in [4.69, 9.17) is 9.47 Å². The van der Waals surface area contributed by atoms with Gasteiger partial charge in [0.25, 0.3) is 0 Å². The van der Waals surface area contributed by atoms with Gasteiger partial charge in [-0.25, -0.2) is 4.79 Å². The third-order valence-electron chi connectivity index (χ3n) is 2.82. The monoisotopic (exact) mass is 302 g/mol. The second-order valence-electron chi connectivity index (χ2n) is 4.44. The van der Waals surface area contributed by atoms with Crippen molar-refractivity contribution in [1.82, 2.24) is 0 Å². The molecule has 0 amide bonds. The van der Waals surface area contributed by atoms with E-state index in [-0.39, 0.29) is 5.97 Å². The summed E-state index contributed by atoms with van der Waals surface area (Å²) in [5.41, 5.74) is 1.51. The second-order valence-corrected chi connectivity index (χ2v) is 5.44. The second kappa shape index (κ2) is 7.74. The van der Waals surface area contributed by atoms with Crippen molar-refractivity contribution in [2.45, 2.75) is 18.7 Å². The molecular weight excluding hydrogens is 284 g/mol. The Kier molecular flexibility index (Phi) is 5.69. The first kappa shape index (κ1) is 15.4. The van der Waals surface area contributed by atoms with E-state index in [1.54, 1.807) is 24.8 Å². The quantitative estimate of drug-likeness (QED) is 0.453. The van der Waals surface area contributed by atoms with E-state index in [9.17, 15) is 4.79 Å². The van der Waals surface area contributed by atoms with E-state index in [1.165, 1.54) is 0 Å². The van der Waals surface area contributed by atoms with Crippen molar-refractivity contribution >= 4 is 17.7 Å². The zero-order valence-electron chi connectivity index (χ0n) is 12.2. The predicted molar refractivity (Wildman–Crippen MR) is 84.9 cm³/mol. The van der Waals surface area contributed by atoms with Gasteiger partial charge in [-0.1, -0.05) is 36.0 Å². The number of esters is 1. The summed E-state index contributed by atoms with van der Waals surface area (Å²) in [6.07, 6.45) is 0. The molecule has 110 valence electrons. The fraction of sp³-hybridized carbons (Fsp3) is 0.235. The summed E-state index contributed by atoms with van der Waals surface area (Å²) in [6.45, 7) is 4.11. The van der Waals surface area contributed by atoms with Crippen LogP contribution in [0, 0.1) is 6.92 Å².